The molecule has 0 saturated carbocycles. The molecule has 0 fully saturated rings. The zero-order valence-corrected chi connectivity index (χ0v) is 20.1. The molecule has 0 amide bonds. The molecule has 2 atom stereocenters. The molecule has 170 valence electrons. The normalized spacial score (nSPS) is 13.7. The number of carbonyl (C=O) groups is 1. The summed E-state index contributed by atoms with van der Waals surface area (Å²) < 4.78 is 19.5. The highest BCUT2D eigenvalue weighted by atomic mass is 32.2. The molecule has 0 radical (unpaired) electrons. The van der Waals surface area contributed by atoms with Gasteiger partial charge in [-0.15, -0.1) is 4.91 Å². The van der Waals surface area contributed by atoms with Gasteiger partial charge >= 0.3 is 5.97 Å². The fraction of sp³-hybridized carbons (Fsp3) is 0.500. The third kappa shape index (κ3) is 8.04. The maximum atomic E-state index is 12.0. The lowest BCUT2D eigenvalue weighted by molar-refractivity contribution is -0.138. The summed E-state index contributed by atoms with van der Waals surface area (Å²) in [6.07, 6.45) is 1.57. The largest absolute Gasteiger partial charge is 0.497 e. The van der Waals surface area contributed by atoms with E-state index >= 15 is 0 Å². The molecule has 2 rings (SSSR count). The lowest BCUT2D eigenvalue weighted by atomic mass is 9.94. The van der Waals surface area contributed by atoms with Crippen LogP contribution in [0.2, 0.25) is 0 Å². The summed E-state index contributed by atoms with van der Waals surface area (Å²) in [5.41, 5.74) is 0.756. The van der Waals surface area contributed by atoms with Gasteiger partial charge in [-0.3, -0.25) is 4.79 Å². The van der Waals surface area contributed by atoms with E-state index in [-0.39, 0.29) is 4.75 Å². The van der Waals surface area contributed by atoms with E-state index < -0.39 is 20.3 Å². The van der Waals surface area contributed by atoms with Gasteiger partial charge in [0.05, 0.1) is 26.2 Å². The molecule has 2 aromatic carbocycles. The van der Waals surface area contributed by atoms with Gasteiger partial charge in [-0.25, -0.2) is 0 Å². The third-order valence-electron chi connectivity index (χ3n) is 4.87. The minimum atomic E-state index is -1.21. The van der Waals surface area contributed by atoms with E-state index in [1.54, 1.807) is 7.11 Å². The van der Waals surface area contributed by atoms with Crippen LogP contribution in [0.4, 0.5) is 0 Å². The summed E-state index contributed by atoms with van der Waals surface area (Å²) >= 11 is 0.991. The lowest BCUT2D eigenvalue weighted by Crippen LogP contribution is -2.17. The van der Waals surface area contributed by atoms with E-state index in [1.807, 2.05) is 57.2 Å². The minimum absolute atomic E-state index is 0.313. The number of aliphatic carboxylic acids is 1. The molecular formula is C22H30NO6PS. The summed E-state index contributed by atoms with van der Waals surface area (Å²) in [4.78, 5) is 22.5. The van der Waals surface area contributed by atoms with E-state index in [4.69, 9.17) is 13.8 Å². The Morgan fingerprint density at radius 1 is 1.19 bits per heavy atom. The summed E-state index contributed by atoms with van der Waals surface area (Å²) in [5, 5.41) is 11.8. The fourth-order valence-corrected chi connectivity index (χ4v) is 4.86. The molecular weight excluding hydrogens is 437 g/mol. The smallest absolute Gasteiger partial charge is 0.310 e. The highest BCUT2D eigenvalue weighted by molar-refractivity contribution is 7.99. The Bertz CT molecular complexity index is 878. The van der Waals surface area contributed by atoms with E-state index in [0.29, 0.717) is 32.2 Å². The van der Waals surface area contributed by atoms with Crippen molar-refractivity contribution in [2.24, 2.45) is 4.58 Å². The Morgan fingerprint density at radius 3 is 2.55 bits per heavy atom. The number of nitroso groups, excluding NO2 is 1. The van der Waals surface area contributed by atoms with Gasteiger partial charge in [-0.2, -0.15) is 0 Å². The number of methoxy groups -OCH3 is 1. The molecule has 1 N–H and O–H groups in total. The first-order valence-electron chi connectivity index (χ1n) is 10.1. The monoisotopic (exact) mass is 467 g/mol. The highest BCUT2D eigenvalue weighted by Gasteiger charge is 2.24. The maximum Gasteiger partial charge on any atom is 0.310 e. The van der Waals surface area contributed by atoms with Crippen molar-refractivity contribution >= 4 is 37.1 Å². The average Bonchev–Trinajstić information content (AvgIpc) is 2.73. The van der Waals surface area contributed by atoms with Crippen LogP contribution >= 0.6 is 20.3 Å². The van der Waals surface area contributed by atoms with Gasteiger partial charge in [0.25, 0.3) is 0 Å². The molecule has 0 aliphatic rings. The van der Waals surface area contributed by atoms with Crippen molar-refractivity contribution in [3.8, 4) is 5.75 Å². The fourth-order valence-electron chi connectivity index (χ4n) is 3.10. The predicted octanol–water partition coefficient (Wildman–Crippen LogP) is 6.36. The molecule has 2 aromatic rings. The number of rotatable bonds is 14. The van der Waals surface area contributed by atoms with Crippen LogP contribution in [0.1, 0.15) is 45.1 Å². The Labute approximate surface area is 188 Å². The van der Waals surface area contributed by atoms with Gasteiger partial charge in [0.2, 0.25) is 0 Å². The predicted molar refractivity (Wildman–Crippen MR) is 127 cm³/mol. The second kappa shape index (κ2) is 12.3. The molecule has 1 unspecified atom stereocenters. The minimum Gasteiger partial charge on any atom is -0.497 e. The number of nitrogens with zero attached hydrogens (tertiary/aromatic N) is 1. The number of hydrogen-bond donors (Lipinski definition) is 1. The number of benzene rings is 2. The van der Waals surface area contributed by atoms with Crippen molar-refractivity contribution < 1.29 is 23.7 Å². The lowest BCUT2D eigenvalue weighted by Gasteiger charge is -2.23. The van der Waals surface area contributed by atoms with E-state index in [2.05, 4.69) is 4.58 Å². The van der Waals surface area contributed by atoms with Crippen molar-refractivity contribution in [1.29, 1.82) is 0 Å². The molecule has 0 aliphatic carbocycles. The Hall–Kier alpha value is -1.73. The SMILES string of the molecule is CCOP(CC[C@H](C(=O)O)c1ccc2cc(OC)ccc2c1)OCCC(C)(C)SN=O. The molecule has 31 heavy (non-hydrogen) atoms. The third-order valence-corrected chi connectivity index (χ3v) is 7.28. The van der Waals surface area contributed by atoms with Crippen LogP contribution < -0.4 is 4.74 Å². The molecule has 0 aliphatic heterocycles. The van der Waals surface area contributed by atoms with Gasteiger partial charge < -0.3 is 18.9 Å². The number of carboxylic acids is 1. The number of carboxylic acid groups (broad SMARTS) is 1. The zero-order chi connectivity index (χ0) is 22.9. The van der Waals surface area contributed by atoms with Crippen LogP contribution in [-0.4, -0.2) is 42.3 Å². The zero-order valence-electron chi connectivity index (χ0n) is 18.4. The van der Waals surface area contributed by atoms with Crippen LogP contribution in [0, 0.1) is 4.91 Å². The standard InChI is InChI=1S/C22H30NO6PS/c1-5-28-30(29-12-11-22(2,3)31-23-26)13-10-20(21(24)25)18-7-6-17-15-19(27-4)9-8-16(17)14-18/h6-9,14-15,20H,5,10-13H2,1-4H3,(H,24,25)/t20-,30?/m0/s1. The molecule has 7 nitrogen and oxygen atoms in total. The quantitative estimate of drug-likeness (QED) is 0.196. The van der Waals surface area contributed by atoms with Crippen molar-refractivity contribution in [3.05, 3.63) is 46.9 Å². The molecule has 0 saturated heterocycles. The molecule has 9 heteroatoms. The van der Waals surface area contributed by atoms with Crippen LogP contribution in [0.15, 0.2) is 41.0 Å². The maximum absolute atomic E-state index is 12.0. The average molecular weight is 468 g/mol. The van der Waals surface area contributed by atoms with Crippen molar-refractivity contribution in [1.82, 2.24) is 0 Å². The van der Waals surface area contributed by atoms with Crippen molar-refractivity contribution in [2.75, 3.05) is 26.5 Å². The van der Waals surface area contributed by atoms with Crippen LogP contribution in [0.5, 0.6) is 5.75 Å². The van der Waals surface area contributed by atoms with Crippen LogP contribution in [0.3, 0.4) is 0 Å². The summed E-state index contributed by atoms with van der Waals surface area (Å²) in [6.45, 7) is 6.68. The number of ether oxygens (including phenoxy) is 1. The Balaban J connectivity index is 2.04. The van der Waals surface area contributed by atoms with E-state index in [9.17, 15) is 14.8 Å². The van der Waals surface area contributed by atoms with Gasteiger partial charge in [0.1, 0.15) is 5.75 Å². The number of hydrogen-bond acceptors (Lipinski definition) is 7. The molecule has 0 spiro atoms. The molecule has 0 aromatic heterocycles. The molecule has 0 heterocycles. The first-order chi connectivity index (χ1) is 14.8. The molecule has 0 bridgehead atoms. The van der Waals surface area contributed by atoms with E-state index in [1.165, 1.54) is 0 Å². The second-order valence-electron chi connectivity index (χ2n) is 7.63. The first kappa shape index (κ1) is 25.5. The van der Waals surface area contributed by atoms with Crippen LogP contribution in [0.25, 0.3) is 10.8 Å². The van der Waals surface area contributed by atoms with Crippen molar-refractivity contribution in [3.63, 3.8) is 0 Å². The van der Waals surface area contributed by atoms with E-state index in [0.717, 1.165) is 34.0 Å². The van der Waals surface area contributed by atoms with Gasteiger partial charge in [-0.1, -0.05) is 24.3 Å². The summed E-state index contributed by atoms with van der Waals surface area (Å²) in [7, 11) is 0.409. The second-order valence-corrected chi connectivity index (χ2v) is 10.7. The Kier molecular flexibility index (Phi) is 10.2. The van der Waals surface area contributed by atoms with Crippen molar-refractivity contribution in [2.45, 2.75) is 44.3 Å². The first-order valence-corrected chi connectivity index (χ1v) is 12.3. The van der Waals surface area contributed by atoms with Gasteiger partial charge in [0, 0.05) is 27.4 Å². The Morgan fingerprint density at radius 2 is 1.90 bits per heavy atom. The highest BCUT2D eigenvalue weighted by Crippen LogP contribution is 2.42. The number of fused-ring (bicyclic) bond motifs is 1. The van der Waals surface area contributed by atoms with Crippen LogP contribution in [-0.2, 0) is 13.8 Å². The summed E-state index contributed by atoms with van der Waals surface area (Å²) in [5.74, 6) is -0.749. The summed E-state index contributed by atoms with van der Waals surface area (Å²) in [6, 6.07) is 11.4. The van der Waals surface area contributed by atoms with Gasteiger partial charge in [-0.05, 0) is 62.1 Å². The topological polar surface area (TPSA) is 94.4 Å². The van der Waals surface area contributed by atoms with Gasteiger partial charge in [0.15, 0.2) is 8.38 Å².